The van der Waals surface area contributed by atoms with E-state index >= 15 is 0 Å². The van der Waals surface area contributed by atoms with Crippen LogP contribution in [0.4, 0.5) is 5.69 Å². The van der Waals surface area contributed by atoms with E-state index in [1.807, 2.05) is 36.9 Å². The van der Waals surface area contributed by atoms with Crippen LogP contribution >= 0.6 is 0 Å². The topological polar surface area (TPSA) is 46.3 Å². The summed E-state index contributed by atoms with van der Waals surface area (Å²) in [5.41, 5.74) is 8.18. The second-order valence-electron chi connectivity index (χ2n) is 4.88. The number of nitrogen functional groups attached to an aromatic ring is 1. The molecule has 0 unspecified atom stereocenters. The SMILES string of the molecule is CCN(CC1CC1)C(=O)c1cc(C)ccc1N. The third kappa shape index (κ3) is 2.78. The predicted molar refractivity (Wildman–Crippen MR) is 69.9 cm³/mol. The monoisotopic (exact) mass is 232 g/mol. The molecule has 92 valence electrons. The van der Waals surface area contributed by atoms with Crippen molar-refractivity contribution in [3.63, 3.8) is 0 Å². The van der Waals surface area contributed by atoms with Crippen molar-refractivity contribution >= 4 is 11.6 Å². The standard InChI is InChI=1S/C14H20N2O/c1-3-16(9-11-5-6-11)14(17)12-8-10(2)4-7-13(12)15/h4,7-8,11H,3,5-6,9,15H2,1-2H3. The van der Waals surface area contributed by atoms with Gasteiger partial charge in [0.15, 0.2) is 0 Å². The van der Waals surface area contributed by atoms with E-state index < -0.39 is 0 Å². The van der Waals surface area contributed by atoms with Crippen molar-refractivity contribution in [2.24, 2.45) is 5.92 Å². The van der Waals surface area contributed by atoms with Crippen LogP contribution in [0.1, 0.15) is 35.7 Å². The molecule has 1 aliphatic carbocycles. The van der Waals surface area contributed by atoms with Crippen molar-refractivity contribution in [2.75, 3.05) is 18.8 Å². The summed E-state index contributed by atoms with van der Waals surface area (Å²) in [6.07, 6.45) is 2.51. The Kier molecular flexibility index (Phi) is 3.36. The van der Waals surface area contributed by atoms with Gasteiger partial charge in [-0.15, -0.1) is 0 Å². The molecule has 1 aromatic rings. The Hall–Kier alpha value is -1.51. The minimum absolute atomic E-state index is 0.0700. The number of benzene rings is 1. The van der Waals surface area contributed by atoms with Crippen LogP contribution in [-0.2, 0) is 0 Å². The number of rotatable bonds is 4. The maximum absolute atomic E-state index is 12.4. The Morgan fingerprint density at radius 2 is 2.18 bits per heavy atom. The van der Waals surface area contributed by atoms with Gasteiger partial charge in [0.25, 0.3) is 5.91 Å². The van der Waals surface area contributed by atoms with E-state index in [-0.39, 0.29) is 5.91 Å². The molecular formula is C14H20N2O. The van der Waals surface area contributed by atoms with E-state index in [2.05, 4.69) is 0 Å². The smallest absolute Gasteiger partial charge is 0.255 e. The Labute approximate surface area is 103 Å². The number of carbonyl (C=O) groups is 1. The van der Waals surface area contributed by atoms with Gasteiger partial charge in [-0.2, -0.15) is 0 Å². The molecule has 1 amide bonds. The van der Waals surface area contributed by atoms with E-state index in [0.29, 0.717) is 17.2 Å². The fraction of sp³-hybridized carbons (Fsp3) is 0.500. The van der Waals surface area contributed by atoms with E-state index in [0.717, 1.165) is 18.7 Å². The largest absolute Gasteiger partial charge is 0.398 e. The summed E-state index contributed by atoms with van der Waals surface area (Å²) in [6, 6.07) is 5.63. The lowest BCUT2D eigenvalue weighted by molar-refractivity contribution is 0.0758. The number of anilines is 1. The molecule has 1 aliphatic rings. The summed E-state index contributed by atoms with van der Waals surface area (Å²) in [6.45, 7) is 5.63. The third-order valence-electron chi connectivity index (χ3n) is 3.28. The van der Waals surface area contributed by atoms with Gasteiger partial charge in [-0.1, -0.05) is 11.6 Å². The Bertz CT molecular complexity index is 424. The highest BCUT2D eigenvalue weighted by Crippen LogP contribution is 2.30. The first-order valence-electron chi connectivity index (χ1n) is 6.27. The molecular weight excluding hydrogens is 212 g/mol. The molecule has 0 atom stereocenters. The van der Waals surface area contributed by atoms with E-state index in [1.165, 1.54) is 12.8 Å². The maximum atomic E-state index is 12.4. The molecule has 3 nitrogen and oxygen atoms in total. The molecule has 0 aliphatic heterocycles. The first kappa shape index (κ1) is 12.0. The summed E-state index contributed by atoms with van der Waals surface area (Å²) >= 11 is 0. The van der Waals surface area contributed by atoms with Gasteiger partial charge in [0.05, 0.1) is 5.56 Å². The molecule has 0 radical (unpaired) electrons. The van der Waals surface area contributed by atoms with Crippen LogP contribution in [0.2, 0.25) is 0 Å². The molecule has 1 saturated carbocycles. The van der Waals surface area contributed by atoms with Crippen LogP contribution in [0.5, 0.6) is 0 Å². The van der Waals surface area contributed by atoms with Crippen molar-refractivity contribution in [3.05, 3.63) is 29.3 Å². The van der Waals surface area contributed by atoms with Gasteiger partial charge < -0.3 is 10.6 Å². The Morgan fingerprint density at radius 3 is 2.76 bits per heavy atom. The average Bonchev–Trinajstić information content (AvgIpc) is 3.12. The summed E-state index contributed by atoms with van der Waals surface area (Å²) in [7, 11) is 0. The normalized spacial score (nSPS) is 14.7. The highest BCUT2D eigenvalue weighted by atomic mass is 16.2. The van der Waals surface area contributed by atoms with Gasteiger partial charge in [-0.25, -0.2) is 0 Å². The van der Waals surface area contributed by atoms with Crippen LogP contribution in [0.25, 0.3) is 0 Å². The molecule has 2 N–H and O–H groups in total. The Balaban J connectivity index is 2.18. The first-order chi connectivity index (χ1) is 8.11. The van der Waals surface area contributed by atoms with Crippen LogP contribution in [0.15, 0.2) is 18.2 Å². The first-order valence-corrected chi connectivity index (χ1v) is 6.27. The van der Waals surface area contributed by atoms with Gasteiger partial charge in [0.2, 0.25) is 0 Å². The quantitative estimate of drug-likeness (QED) is 0.810. The Morgan fingerprint density at radius 1 is 1.47 bits per heavy atom. The minimum Gasteiger partial charge on any atom is -0.398 e. The molecule has 1 aromatic carbocycles. The molecule has 1 fully saturated rings. The van der Waals surface area contributed by atoms with Crippen molar-refractivity contribution in [1.82, 2.24) is 4.90 Å². The van der Waals surface area contributed by atoms with Gasteiger partial charge in [0, 0.05) is 18.8 Å². The third-order valence-corrected chi connectivity index (χ3v) is 3.28. The summed E-state index contributed by atoms with van der Waals surface area (Å²) in [5.74, 6) is 0.783. The number of nitrogens with zero attached hydrogens (tertiary/aromatic N) is 1. The molecule has 3 heteroatoms. The summed E-state index contributed by atoms with van der Waals surface area (Å²) in [4.78, 5) is 14.3. The van der Waals surface area contributed by atoms with E-state index in [9.17, 15) is 4.79 Å². The molecule has 17 heavy (non-hydrogen) atoms. The van der Waals surface area contributed by atoms with Crippen molar-refractivity contribution in [2.45, 2.75) is 26.7 Å². The molecule has 0 saturated heterocycles. The van der Waals surface area contributed by atoms with E-state index in [4.69, 9.17) is 5.73 Å². The average molecular weight is 232 g/mol. The zero-order chi connectivity index (χ0) is 12.4. The fourth-order valence-electron chi connectivity index (χ4n) is 1.99. The minimum atomic E-state index is 0.0700. The van der Waals surface area contributed by atoms with Crippen LogP contribution in [-0.4, -0.2) is 23.9 Å². The number of hydrogen-bond acceptors (Lipinski definition) is 2. The van der Waals surface area contributed by atoms with Gasteiger partial charge in [0.1, 0.15) is 0 Å². The van der Waals surface area contributed by atoms with Crippen LogP contribution < -0.4 is 5.73 Å². The van der Waals surface area contributed by atoms with Gasteiger partial charge in [-0.05, 0) is 44.7 Å². The van der Waals surface area contributed by atoms with Gasteiger partial charge >= 0.3 is 0 Å². The van der Waals surface area contributed by atoms with Crippen LogP contribution in [0, 0.1) is 12.8 Å². The highest BCUT2D eigenvalue weighted by molar-refractivity contribution is 5.99. The van der Waals surface area contributed by atoms with Crippen molar-refractivity contribution < 1.29 is 4.79 Å². The predicted octanol–water partition coefficient (Wildman–Crippen LogP) is 2.45. The lowest BCUT2D eigenvalue weighted by Gasteiger charge is -2.21. The summed E-state index contributed by atoms with van der Waals surface area (Å²) in [5, 5.41) is 0. The number of nitrogens with two attached hydrogens (primary N) is 1. The fourth-order valence-corrected chi connectivity index (χ4v) is 1.99. The van der Waals surface area contributed by atoms with E-state index in [1.54, 1.807) is 0 Å². The maximum Gasteiger partial charge on any atom is 0.255 e. The van der Waals surface area contributed by atoms with Crippen LogP contribution in [0.3, 0.4) is 0 Å². The lowest BCUT2D eigenvalue weighted by Crippen LogP contribution is -2.33. The lowest BCUT2D eigenvalue weighted by atomic mass is 10.1. The molecule has 0 spiro atoms. The van der Waals surface area contributed by atoms with Crippen molar-refractivity contribution in [3.8, 4) is 0 Å². The molecule has 2 rings (SSSR count). The second-order valence-corrected chi connectivity index (χ2v) is 4.88. The number of hydrogen-bond donors (Lipinski definition) is 1. The molecule has 0 heterocycles. The zero-order valence-electron chi connectivity index (χ0n) is 10.6. The number of carbonyl (C=O) groups excluding carboxylic acids is 1. The molecule has 0 aromatic heterocycles. The zero-order valence-corrected chi connectivity index (χ0v) is 10.6. The number of amides is 1. The summed E-state index contributed by atoms with van der Waals surface area (Å²) < 4.78 is 0. The van der Waals surface area contributed by atoms with Gasteiger partial charge in [-0.3, -0.25) is 4.79 Å². The highest BCUT2D eigenvalue weighted by Gasteiger charge is 2.27. The van der Waals surface area contributed by atoms with Crippen molar-refractivity contribution in [1.29, 1.82) is 0 Å². The molecule has 0 bridgehead atoms. The second kappa shape index (κ2) is 4.78. The number of aryl methyl sites for hydroxylation is 1.